The fourth-order valence-corrected chi connectivity index (χ4v) is 5.14. The molecule has 1 heterocycles. The smallest absolute Gasteiger partial charge is 0.335 e. The number of benzene rings is 4. The summed E-state index contributed by atoms with van der Waals surface area (Å²) in [5, 5.41) is 2.25. The highest BCUT2D eigenvalue weighted by Crippen LogP contribution is 2.38. The molecule has 1 saturated heterocycles. The highest BCUT2D eigenvalue weighted by molar-refractivity contribution is 9.10. The van der Waals surface area contributed by atoms with Crippen molar-refractivity contribution in [2.45, 2.75) is 20.1 Å². The van der Waals surface area contributed by atoms with Gasteiger partial charge in [-0.25, -0.2) is 9.69 Å². The zero-order valence-corrected chi connectivity index (χ0v) is 26.2. The van der Waals surface area contributed by atoms with Gasteiger partial charge in [-0.15, -0.1) is 0 Å². The summed E-state index contributed by atoms with van der Waals surface area (Å²) in [7, 11) is 0. The average Bonchev–Trinajstić information content (AvgIpc) is 3.00. The first-order valence-electron chi connectivity index (χ1n) is 13.3. The van der Waals surface area contributed by atoms with Gasteiger partial charge in [-0.05, 0) is 94.2 Å². The molecular formula is C33H26Br2N2O6. The van der Waals surface area contributed by atoms with E-state index >= 15 is 0 Å². The number of imide groups is 2. The number of hydrogen-bond donors (Lipinski definition) is 1. The zero-order valence-electron chi connectivity index (χ0n) is 23.0. The van der Waals surface area contributed by atoms with Gasteiger partial charge in [0.05, 0.1) is 16.8 Å². The third-order valence-corrected chi connectivity index (χ3v) is 7.50. The molecule has 10 heteroatoms. The lowest BCUT2D eigenvalue weighted by molar-refractivity contribution is -0.122. The van der Waals surface area contributed by atoms with Crippen LogP contribution in [0.25, 0.3) is 6.08 Å². The van der Waals surface area contributed by atoms with E-state index in [2.05, 4.69) is 37.2 Å². The van der Waals surface area contributed by atoms with Gasteiger partial charge in [0.1, 0.15) is 24.5 Å². The molecule has 43 heavy (non-hydrogen) atoms. The summed E-state index contributed by atoms with van der Waals surface area (Å²) in [5.41, 5.74) is 2.56. The van der Waals surface area contributed by atoms with Crippen LogP contribution in [0.15, 0.2) is 106 Å². The number of nitrogens with zero attached hydrogens (tertiary/aromatic N) is 1. The number of amides is 4. The van der Waals surface area contributed by atoms with E-state index in [1.54, 1.807) is 36.4 Å². The number of barbiturate groups is 1. The predicted octanol–water partition coefficient (Wildman–Crippen LogP) is 7.43. The minimum absolute atomic E-state index is 0.207. The lowest BCUT2D eigenvalue weighted by atomic mass is 10.1. The normalized spacial score (nSPS) is 14.1. The molecule has 218 valence electrons. The van der Waals surface area contributed by atoms with E-state index < -0.39 is 17.8 Å². The van der Waals surface area contributed by atoms with Crippen LogP contribution in [0.2, 0.25) is 0 Å². The first-order chi connectivity index (χ1) is 20.8. The van der Waals surface area contributed by atoms with Crippen LogP contribution < -0.4 is 24.4 Å². The summed E-state index contributed by atoms with van der Waals surface area (Å²) in [6.07, 6.45) is 1.42. The number of halogens is 2. The number of urea groups is 1. The molecule has 4 amide bonds. The SMILES string of the molecule is CCOc1cc(/C=C2\C(=O)NC(=O)N(c3ccc(OCc4ccccc4)cc3)C2=O)cc(Br)c1OCc1ccc(Br)cc1. The highest BCUT2D eigenvalue weighted by atomic mass is 79.9. The van der Waals surface area contributed by atoms with Crippen molar-refractivity contribution in [3.63, 3.8) is 0 Å². The van der Waals surface area contributed by atoms with E-state index in [0.29, 0.717) is 52.8 Å². The Balaban J connectivity index is 1.36. The van der Waals surface area contributed by atoms with Crippen molar-refractivity contribution in [3.8, 4) is 17.2 Å². The van der Waals surface area contributed by atoms with E-state index in [1.165, 1.54) is 6.08 Å². The van der Waals surface area contributed by atoms with Crippen molar-refractivity contribution in [3.05, 3.63) is 122 Å². The van der Waals surface area contributed by atoms with Crippen LogP contribution in [-0.2, 0) is 22.8 Å². The topological polar surface area (TPSA) is 94.2 Å². The summed E-state index contributed by atoms with van der Waals surface area (Å²) in [4.78, 5) is 39.9. The molecular weight excluding hydrogens is 680 g/mol. The molecule has 4 aromatic carbocycles. The molecule has 1 aliphatic heterocycles. The average molecular weight is 706 g/mol. The van der Waals surface area contributed by atoms with Crippen LogP contribution in [0.5, 0.6) is 17.2 Å². The maximum absolute atomic E-state index is 13.5. The summed E-state index contributed by atoms with van der Waals surface area (Å²) in [5.74, 6) is -0.0589. The fourth-order valence-electron chi connectivity index (χ4n) is 4.30. The van der Waals surface area contributed by atoms with Crippen LogP contribution in [-0.4, -0.2) is 24.5 Å². The summed E-state index contributed by atoms with van der Waals surface area (Å²) >= 11 is 6.96. The highest BCUT2D eigenvalue weighted by Gasteiger charge is 2.37. The lowest BCUT2D eigenvalue weighted by Gasteiger charge is -2.26. The van der Waals surface area contributed by atoms with Crippen molar-refractivity contribution in [2.24, 2.45) is 0 Å². The molecule has 8 nitrogen and oxygen atoms in total. The van der Waals surface area contributed by atoms with Gasteiger partial charge in [-0.1, -0.05) is 58.4 Å². The van der Waals surface area contributed by atoms with Gasteiger partial charge >= 0.3 is 6.03 Å². The van der Waals surface area contributed by atoms with Gasteiger partial charge in [0.2, 0.25) is 0 Å². The van der Waals surface area contributed by atoms with Gasteiger partial charge in [-0.3, -0.25) is 14.9 Å². The molecule has 5 rings (SSSR count). The molecule has 0 saturated carbocycles. The van der Waals surface area contributed by atoms with E-state index in [9.17, 15) is 14.4 Å². The van der Waals surface area contributed by atoms with E-state index in [-0.39, 0.29) is 5.57 Å². The van der Waals surface area contributed by atoms with Crippen LogP contribution in [0.4, 0.5) is 10.5 Å². The Morgan fingerprint density at radius 1 is 0.791 bits per heavy atom. The molecule has 0 spiro atoms. The van der Waals surface area contributed by atoms with Crippen LogP contribution in [0, 0.1) is 0 Å². The largest absolute Gasteiger partial charge is 0.490 e. The van der Waals surface area contributed by atoms with Crippen molar-refractivity contribution >= 4 is 61.5 Å². The summed E-state index contributed by atoms with van der Waals surface area (Å²) < 4.78 is 19.2. The number of nitrogens with one attached hydrogen (secondary N) is 1. The first kappa shape index (κ1) is 30.1. The molecule has 0 atom stereocenters. The van der Waals surface area contributed by atoms with Gasteiger partial charge in [0.25, 0.3) is 11.8 Å². The third kappa shape index (κ3) is 7.33. The minimum atomic E-state index is -0.835. The number of hydrogen-bond acceptors (Lipinski definition) is 6. The van der Waals surface area contributed by atoms with Crippen molar-refractivity contribution in [2.75, 3.05) is 11.5 Å². The lowest BCUT2D eigenvalue weighted by Crippen LogP contribution is -2.54. The Labute approximate surface area is 265 Å². The van der Waals surface area contributed by atoms with Crippen LogP contribution >= 0.6 is 31.9 Å². The third-order valence-electron chi connectivity index (χ3n) is 6.38. The van der Waals surface area contributed by atoms with Gasteiger partial charge in [-0.2, -0.15) is 0 Å². The second-order valence-corrected chi connectivity index (χ2v) is 11.2. The Kier molecular flexibility index (Phi) is 9.58. The molecule has 0 unspecified atom stereocenters. The van der Waals surface area contributed by atoms with Crippen molar-refractivity contribution in [1.29, 1.82) is 0 Å². The second kappa shape index (κ2) is 13.7. The van der Waals surface area contributed by atoms with Gasteiger partial charge in [0.15, 0.2) is 11.5 Å². The summed E-state index contributed by atoms with van der Waals surface area (Å²) in [6, 6.07) is 26.5. The molecule has 1 fully saturated rings. The number of carbonyl (C=O) groups excluding carboxylic acids is 3. The van der Waals surface area contributed by atoms with Crippen molar-refractivity contribution in [1.82, 2.24) is 5.32 Å². The second-order valence-electron chi connectivity index (χ2n) is 9.40. The Morgan fingerprint density at radius 3 is 2.16 bits per heavy atom. The Morgan fingerprint density at radius 2 is 1.47 bits per heavy atom. The van der Waals surface area contributed by atoms with E-state index in [4.69, 9.17) is 14.2 Å². The first-order valence-corrected chi connectivity index (χ1v) is 14.9. The van der Waals surface area contributed by atoms with Gasteiger partial charge in [0, 0.05) is 4.47 Å². The van der Waals surface area contributed by atoms with Crippen LogP contribution in [0.1, 0.15) is 23.6 Å². The molecule has 0 bridgehead atoms. The molecule has 0 radical (unpaired) electrons. The fraction of sp³-hybridized carbons (Fsp3) is 0.121. The molecule has 0 aromatic heterocycles. The molecule has 1 N–H and O–H groups in total. The minimum Gasteiger partial charge on any atom is -0.490 e. The number of ether oxygens (including phenoxy) is 3. The van der Waals surface area contributed by atoms with Gasteiger partial charge < -0.3 is 14.2 Å². The predicted molar refractivity (Wildman–Crippen MR) is 170 cm³/mol. The molecule has 1 aliphatic rings. The Hall–Kier alpha value is -4.41. The van der Waals surface area contributed by atoms with Crippen LogP contribution in [0.3, 0.4) is 0 Å². The van der Waals surface area contributed by atoms with E-state index in [1.807, 2.05) is 61.5 Å². The maximum Gasteiger partial charge on any atom is 0.335 e. The standard InChI is InChI=1S/C33H26Br2N2O6/c1-2-41-29-18-23(17-28(35)30(29)43-20-22-8-10-24(34)11-9-22)16-27-31(38)36-33(40)37(32(27)39)25-12-14-26(15-13-25)42-19-21-6-4-3-5-7-21/h3-18H,2,19-20H2,1H3,(H,36,38,40)/b27-16+. The maximum atomic E-state index is 13.5. The molecule has 0 aliphatic carbocycles. The summed E-state index contributed by atoms with van der Waals surface area (Å²) in [6.45, 7) is 2.89. The quantitative estimate of drug-likeness (QED) is 0.136. The van der Waals surface area contributed by atoms with Crippen molar-refractivity contribution < 1.29 is 28.6 Å². The zero-order chi connectivity index (χ0) is 30.3. The molecule has 4 aromatic rings. The number of carbonyl (C=O) groups is 3. The monoisotopic (exact) mass is 704 g/mol. The number of anilines is 1. The Bertz CT molecular complexity index is 1670. The van der Waals surface area contributed by atoms with E-state index in [0.717, 1.165) is 20.5 Å². The number of rotatable bonds is 10.